The summed E-state index contributed by atoms with van der Waals surface area (Å²) in [4.78, 5) is 16.3. The Morgan fingerprint density at radius 3 is 2.67 bits per heavy atom. The highest BCUT2D eigenvalue weighted by Gasteiger charge is 2.30. The standard InChI is InChI=1S/C21H22F2N2O2/c1-12(18-7-6-16(10-24-18)27-11-13-2-3-13)17-8-15(22)9-19(20(17)23)25-21(26)14-4-5-14/h6-10,12-14H,2-5,11H2,1H3,(H,25,26)/t12-/m1/s1. The third-order valence-corrected chi connectivity index (χ3v) is 5.12. The van der Waals surface area contributed by atoms with Crippen LogP contribution in [-0.2, 0) is 4.79 Å². The normalized spacial score (nSPS) is 17.4. The first-order valence-corrected chi connectivity index (χ1v) is 9.40. The number of carbonyl (C=O) groups is 1. The lowest BCUT2D eigenvalue weighted by Crippen LogP contribution is -2.16. The molecule has 1 atom stereocenters. The van der Waals surface area contributed by atoms with E-state index in [0.29, 0.717) is 24.0 Å². The SMILES string of the molecule is C[C@@H](c1ccc(OCC2CC2)cn1)c1cc(F)cc(NC(=O)C2CC2)c1F. The van der Waals surface area contributed by atoms with E-state index in [1.165, 1.54) is 12.8 Å². The van der Waals surface area contributed by atoms with Crippen LogP contribution in [0.5, 0.6) is 5.75 Å². The molecular weight excluding hydrogens is 350 g/mol. The van der Waals surface area contributed by atoms with E-state index in [0.717, 1.165) is 25.0 Å². The van der Waals surface area contributed by atoms with Crippen molar-refractivity contribution in [2.24, 2.45) is 11.8 Å². The van der Waals surface area contributed by atoms with Gasteiger partial charge in [0.25, 0.3) is 0 Å². The fourth-order valence-corrected chi connectivity index (χ4v) is 2.99. The van der Waals surface area contributed by atoms with E-state index in [1.54, 1.807) is 25.3 Å². The van der Waals surface area contributed by atoms with Gasteiger partial charge < -0.3 is 10.1 Å². The van der Waals surface area contributed by atoms with E-state index < -0.39 is 17.6 Å². The second-order valence-corrected chi connectivity index (χ2v) is 7.51. The van der Waals surface area contributed by atoms with E-state index in [9.17, 15) is 13.6 Å². The zero-order valence-corrected chi connectivity index (χ0v) is 15.2. The molecule has 142 valence electrons. The van der Waals surface area contributed by atoms with Crippen LogP contribution >= 0.6 is 0 Å². The summed E-state index contributed by atoms with van der Waals surface area (Å²) in [6.45, 7) is 2.45. The molecule has 2 aliphatic carbocycles. The third-order valence-electron chi connectivity index (χ3n) is 5.12. The highest BCUT2D eigenvalue weighted by molar-refractivity contribution is 5.94. The van der Waals surface area contributed by atoms with Crippen LogP contribution < -0.4 is 10.1 Å². The van der Waals surface area contributed by atoms with Crippen molar-refractivity contribution in [3.8, 4) is 5.75 Å². The van der Waals surface area contributed by atoms with Gasteiger partial charge in [0.05, 0.1) is 18.5 Å². The summed E-state index contributed by atoms with van der Waals surface area (Å²) in [5, 5.41) is 2.51. The van der Waals surface area contributed by atoms with Gasteiger partial charge in [-0.05, 0) is 49.8 Å². The van der Waals surface area contributed by atoms with Crippen molar-refractivity contribution in [1.82, 2.24) is 4.98 Å². The predicted octanol–water partition coefficient (Wildman–Crippen LogP) is 4.65. The van der Waals surface area contributed by atoms with Crippen molar-refractivity contribution in [2.45, 2.75) is 38.5 Å². The van der Waals surface area contributed by atoms with Crippen LogP contribution in [0.1, 0.15) is 49.8 Å². The number of pyridine rings is 1. The fourth-order valence-electron chi connectivity index (χ4n) is 2.99. The Hall–Kier alpha value is -2.50. The average Bonchev–Trinajstić information content (AvgIpc) is 3.56. The lowest BCUT2D eigenvalue weighted by Gasteiger charge is -2.16. The lowest BCUT2D eigenvalue weighted by molar-refractivity contribution is -0.117. The fraction of sp³-hybridized carbons (Fsp3) is 0.429. The molecule has 6 heteroatoms. The minimum atomic E-state index is -0.617. The molecule has 0 spiro atoms. The van der Waals surface area contributed by atoms with Crippen molar-refractivity contribution >= 4 is 11.6 Å². The zero-order valence-electron chi connectivity index (χ0n) is 15.2. The number of amides is 1. The first-order chi connectivity index (χ1) is 13.0. The van der Waals surface area contributed by atoms with Crippen molar-refractivity contribution in [3.63, 3.8) is 0 Å². The molecule has 0 radical (unpaired) electrons. The quantitative estimate of drug-likeness (QED) is 0.770. The van der Waals surface area contributed by atoms with Gasteiger partial charge >= 0.3 is 0 Å². The number of aromatic nitrogens is 1. The van der Waals surface area contributed by atoms with E-state index in [2.05, 4.69) is 10.3 Å². The molecule has 1 aromatic carbocycles. The summed E-state index contributed by atoms with van der Waals surface area (Å²) in [6, 6.07) is 5.74. The number of benzene rings is 1. The molecule has 0 bridgehead atoms. The lowest BCUT2D eigenvalue weighted by atomic mass is 9.95. The first-order valence-electron chi connectivity index (χ1n) is 9.40. The Labute approximate surface area is 157 Å². The summed E-state index contributed by atoms with van der Waals surface area (Å²) >= 11 is 0. The van der Waals surface area contributed by atoms with Gasteiger partial charge in [-0.15, -0.1) is 0 Å². The monoisotopic (exact) mass is 372 g/mol. The molecule has 1 amide bonds. The number of nitrogens with zero attached hydrogens (tertiary/aromatic N) is 1. The maximum absolute atomic E-state index is 14.9. The van der Waals surface area contributed by atoms with Crippen LogP contribution in [0.4, 0.5) is 14.5 Å². The number of carbonyl (C=O) groups excluding carboxylic acids is 1. The van der Waals surface area contributed by atoms with Gasteiger partial charge in [-0.25, -0.2) is 8.78 Å². The molecular formula is C21H22F2N2O2. The van der Waals surface area contributed by atoms with Crippen molar-refractivity contribution in [1.29, 1.82) is 0 Å². The van der Waals surface area contributed by atoms with Crippen molar-refractivity contribution in [2.75, 3.05) is 11.9 Å². The molecule has 2 fully saturated rings. The van der Waals surface area contributed by atoms with Crippen LogP contribution in [0.25, 0.3) is 0 Å². The Kier molecular flexibility index (Phi) is 4.81. The summed E-state index contributed by atoms with van der Waals surface area (Å²) in [5.74, 6) is -0.687. The summed E-state index contributed by atoms with van der Waals surface area (Å²) < 4.78 is 34.6. The minimum Gasteiger partial charge on any atom is -0.492 e. The molecule has 1 aromatic heterocycles. The molecule has 2 aliphatic rings. The number of nitrogens with one attached hydrogen (secondary N) is 1. The van der Waals surface area contributed by atoms with Crippen molar-refractivity contribution in [3.05, 3.63) is 53.4 Å². The molecule has 0 aliphatic heterocycles. The molecule has 2 aromatic rings. The van der Waals surface area contributed by atoms with Crippen LogP contribution in [0.2, 0.25) is 0 Å². The van der Waals surface area contributed by atoms with Gasteiger partial charge in [0.2, 0.25) is 5.91 Å². The average molecular weight is 372 g/mol. The number of halogens is 2. The maximum Gasteiger partial charge on any atom is 0.227 e. The van der Waals surface area contributed by atoms with Gasteiger partial charge in [0, 0.05) is 29.2 Å². The first kappa shape index (κ1) is 17.9. The summed E-state index contributed by atoms with van der Waals surface area (Å²) in [5.41, 5.74) is 0.663. The Balaban J connectivity index is 1.52. The molecule has 0 unspecified atom stereocenters. The Morgan fingerprint density at radius 1 is 1.26 bits per heavy atom. The number of hydrogen-bond acceptors (Lipinski definition) is 3. The number of anilines is 1. The molecule has 4 rings (SSSR count). The molecule has 4 nitrogen and oxygen atoms in total. The van der Waals surface area contributed by atoms with Crippen molar-refractivity contribution < 1.29 is 18.3 Å². The molecule has 1 heterocycles. The molecule has 2 saturated carbocycles. The highest BCUT2D eigenvalue weighted by Crippen LogP contribution is 2.34. The van der Waals surface area contributed by atoms with Gasteiger partial charge in [-0.3, -0.25) is 9.78 Å². The number of ether oxygens (including phenoxy) is 1. The second kappa shape index (κ2) is 7.25. The highest BCUT2D eigenvalue weighted by atomic mass is 19.1. The summed E-state index contributed by atoms with van der Waals surface area (Å²) in [7, 11) is 0. The van der Waals surface area contributed by atoms with E-state index >= 15 is 0 Å². The van der Waals surface area contributed by atoms with Gasteiger partial charge in [0.15, 0.2) is 5.82 Å². The maximum atomic E-state index is 14.9. The van der Waals surface area contributed by atoms with Crippen LogP contribution in [-0.4, -0.2) is 17.5 Å². The Morgan fingerprint density at radius 2 is 2.04 bits per heavy atom. The van der Waals surface area contributed by atoms with Gasteiger partial charge in [0.1, 0.15) is 11.6 Å². The van der Waals surface area contributed by atoms with E-state index in [-0.39, 0.29) is 23.1 Å². The smallest absolute Gasteiger partial charge is 0.227 e. The van der Waals surface area contributed by atoms with E-state index in [4.69, 9.17) is 4.74 Å². The van der Waals surface area contributed by atoms with Gasteiger partial charge in [-0.1, -0.05) is 6.92 Å². The van der Waals surface area contributed by atoms with Gasteiger partial charge in [-0.2, -0.15) is 0 Å². The zero-order chi connectivity index (χ0) is 19.0. The Bertz CT molecular complexity index is 846. The van der Waals surface area contributed by atoms with Crippen LogP contribution in [0.15, 0.2) is 30.5 Å². The molecule has 27 heavy (non-hydrogen) atoms. The minimum absolute atomic E-state index is 0.0848. The number of hydrogen-bond donors (Lipinski definition) is 1. The van der Waals surface area contributed by atoms with Crippen LogP contribution in [0, 0.1) is 23.5 Å². The second-order valence-electron chi connectivity index (χ2n) is 7.51. The largest absolute Gasteiger partial charge is 0.492 e. The molecule has 0 saturated heterocycles. The predicted molar refractivity (Wildman–Crippen MR) is 97.7 cm³/mol. The third kappa shape index (κ3) is 4.26. The topological polar surface area (TPSA) is 51.2 Å². The molecule has 1 N–H and O–H groups in total. The number of rotatable bonds is 7. The van der Waals surface area contributed by atoms with Crippen LogP contribution in [0.3, 0.4) is 0 Å². The summed E-state index contributed by atoms with van der Waals surface area (Å²) in [6.07, 6.45) is 5.62. The van der Waals surface area contributed by atoms with E-state index in [1.807, 2.05) is 0 Å².